The molecule has 0 aliphatic carbocycles. The molecule has 0 spiro atoms. The summed E-state index contributed by atoms with van der Waals surface area (Å²) in [6.07, 6.45) is -45.5. The Hall–Kier alpha value is -2.55. The SMILES string of the molecule is CC(=O)N[C@H]1[C@H]([C@H](O)[C@H](O)CO)O[C@@](OC[C@@H](O)[C@H](O)[C@H](O[C@@H]2O[C@H](CO)[C@H](O)[C@H](O[C@@H]3O[C@H](CO)[C@H](O)[C@H](O)[C@H]3O)[C@H]2O[C@@H]2O[C@@H](C)[C@@H](O)[C@@H](O)[C@@H]2O)[C@H](CO)NC(C)=O)(C(=O)O)C[C@@H]1O. The smallest absolute Gasteiger partial charge is 0.364 e. The summed E-state index contributed by atoms with van der Waals surface area (Å²) in [6, 6.07) is -3.42. The van der Waals surface area contributed by atoms with E-state index in [9.17, 15) is 101 Å². The van der Waals surface area contributed by atoms with E-state index in [0.717, 1.165) is 13.8 Å². The topological polar surface area (TPSA) is 493 Å². The fourth-order valence-electron chi connectivity index (χ4n) is 7.94. The lowest BCUT2D eigenvalue weighted by atomic mass is 9.88. The Balaban J connectivity index is 1.74. The maximum atomic E-state index is 12.7. The van der Waals surface area contributed by atoms with Gasteiger partial charge in [0.25, 0.3) is 5.79 Å². The number of aliphatic hydroxyl groups is 16. The summed E-state index contributed by atoms with van der Waals surface area (Å²) in [5.74, 6) is -6.77. The third kappa shape index (κ3) is 13.1. The Morgan fingerprint density at radius 1 is 0.687 bits per heavy atom. The zero-order valence-electron chi connectivity index (χ0n) is 36.2. The number of carbonyl (C=O) groups excluding carboxylic acids is 2. The average Bonchev–Trinajstić information content (AvgIpc) is 3.28. The number of hydrogen-bond donors (Lipinski definition) is 19. The fraction of sp³-hybridized carbons (Fsp3) is 0.919. The number of hydrogen-bond acceptors (Lipinski definition) is 27. The van der Waals surface area contributed by atoms with Crippen molar-refractivity contribution in [2.75, 3.05) is 33.0 Å². The highest BCUT2D eigenvalue weighted by atomic mass is 16.8. The minimum Gasteiger partial charge on any atom is -0.477 e. The van der Waals surface area contributed by atoms with Crippen LogP contribution in [0.15, 0.2) is 0 Å². The number of amides is 2. The first-order chi connectivity index (χ1) is 31.4. The number of nitrogens with one attached hydrogen (secondary N) is 2. The first kappa shape index (κ1) is 57.0. The minimum absolute atomic E-state index is 0.802. The predicted molar refractivity (Wildman–Crippen MR) is 208 cm³/mol. The Bertz CT molecular complexity index is 1590. The van der Waals surface area contributed by atoms with Crippen LogP contribution in [0.25, 0.3) is 0 Å². The molecule has 0 bridgehead atoms. The van der Waals surface area contributed by atoms with E-state index in [1.807, 2.05) is 0 Å². The second kappa shape index (κ2) is 24.5. The van der Waals surface area contributed by atoms with Crippen LogP contribution in [-0.4, -0.2) is 290 Å². The molecule has 19 N–H and O–H groups in total. The van der Waals surface area contributed by atoms with E-state index < -0.39 is 210 Å². The normalized spacial score (nSPS) is 42.1. The van der Waals surface area contributed by atoms with Crippen LogP contribution < -0.4 is 10.6 Å². The van der Waals surface area contributed by atoms with Crippen LogP contribution in [0.5, 0.6) is 0 Å². The number of carboxylic acids is 1. The summed E-state index contributed by atoms with van der Waals surface area (Å²) in [5.41, 5.74) is 0. The molecular formula is C37H64N2O28. The van der Waals surface area contributed by atoms with Gasteiger partial charge in [-0.05, 0) is 6.92 Å². The van der Waals surface area contributed by atoms with Gasteiger partial charge in [-0.3, -0.25) is 9.59 Å². The number of ether oxygens (including phenoxy) is 8. The molecule has 0 radical (unpaired) electrons. The molecule has 4 heterocycles. The van der Waals surface area contributed by atoms with E-state index in [2.05, 4.69) is 10.6 Å². The van der Waals surface area contributed by atoms with E-state index in [4.69, 9.17) is 37.9 Å². The van der Waals surface area contributed by atoms with E-state index in [0.29, 0.717) is 0 Å². The summed E-state index contributed by atoms with van der Waals surface area (Å²) >= 11 is 0. The van der Waals surface area contributed by atoms with Gasteiger partial charge >= 0.3 is 5.97 Å². The summed E-state index contributed by atoms with van der Waals surface area (Å²) in [6.45, 7) is -2.40. The summed E-state index contributed by atoms with van der Waals surface area (Å²) in [7, 11) is 0. The van der Waals surface area contributed by atoms with Gasteiger partial charge in [-0.25, -0.2) is 4.79 Å². The van der Waals surface area contributed by atoms with Crippen LogP contribution in [-0.2, 0) is 52.3 Å². The highest BCUT2D eigenvalue weighted by molar-refractivity contribution is 5.76. The molecule has 0 saturated carbocycles. The van der Waals surface area contributed by atoms with Gasteiger partial charge in [0.1, 0.15) is 104 Å². The van der Waals surface area contributed by atoms with Gasteiger partial charge < -0.3 is 135 Å². The third-order valence-corrected chi connectivity index (χ3v) is 11.7. The van der Waals surface area contributed by atoms with Crippen LogP contribution in [0, 0.1) is 0 Å². The second-order valence-electron chi connectivity index (χ2n) is 16.6. The van der Waals surface area contributed by atoms with Crippen molar-refractivity contribution in [3.8, 4) is 0 Å². The van der Waals surface area contributed by atoms with Crippen LogP contribution >= 0.6 is 0 Å². The highest BCUT2D eigenvalue weighted by Crippen LogP contribution is 2.37. The first-order valence-corrected chi connectivity index (χ1v) is 21.0. The number of aliphatic hydroxyl groups excluding tert-OH is 16. The maximum absolute atomic E-state index is 12.7. The van der Waals surface area contributed by atoms with Gasteiger partial charge in [0.15, 0.2) is 18.9 Å². The van der Waals surface area contributed by atoms with Crippen molar-refractivity contribution in [3.05, 3.63) is 0 Å². The molecule has 4 saturated heterocycles. The zero-order valence-corrected chi connectivity index (χ0v) is 36.2. The lowest BCUT2D eigenvalue weighted by Gasteiger charge is -2.50. The van der Waals surface area contributed by atoms with Crippen molar-refractivity contribution in [2.24, 2.45) is 0 Å². The number of carbonyl (C=O) groups is 3. The molecule has 0 unspecified atom stereocenters. The van der Waals surface area contributed by atoms with Gasteiger partial charge in [0.2, 0.25) is 11.8 Å². The molecule has 25 atom stereocenters. The van der Waals surface area contributed by atoms with Crippen LogP contribution in [0.4, 0.5) is 0 Å². The highest BCUT2D eigenvalue weighted by Gasteiger charge is 2.58. The molecule has 4 rings (SSSR count). The van der Waals surface area contributed by atoms with Crippen LogP contribution in [0.3, 0.4) is 0 Å². The summed E-state index contributed by atoms with van der Waals surface area (Å²) in [5, 5.41) is 185. The number of aliphatic carboxylic acids is 1. The summed E-state index contributed by atoms with van der Waals surface area (Å²) < 4.78 is 45.5. The molecule has 0 aromatic rings. The lowest BCUT2D eigenvalue weighted by Crippen LogP contribution is -2.68. The van der Waals surface area contributed by atoms with Crippen LogP contribution in [0.2, 0.25) is 0 Å². The second-order valence-corrected chi connectivity index (χ2v) is 16.6. The van der Waals surface area contributed by atoms with Gasteiger partial charge in [0.05, 0.1) is 57.3 Å². The van der Waals surface area contributed by atoms with E-state index in [-0.39, 0.29) is 0 Å². The predicted octanol–water partition coefficient (Wildman–Crippen LogP) is -11.8. The van der Waals surface area contributed by atoms with E-state index in [1.54, 1.807) is 0 Å². The van der Waals surface area contributed by atoms with Gasteiger partial charge in [-0.2, -0.15) is 0 Å². The van der Waals surface area contributed by atoms with Gasteiger partial charge in [-0.1, -0.05) is 0 Å². The Morgan fingerprint density at radius 3 is 1.78 bits per heavy atom. The van der Waals surface area contributed by atoms with E-state index in [1.165, 1.54) is 6.92 Å². The molecule has 30 heteroatoms. The lowest BCUT2D eigenvalue weighted by molar-refractivity contribution is -0.396. The van der Waals surface area contributed by atoms with Crippen molar-refractivity contribution in [2.45, 2.75) is 180 Å². The molecule has 390 valence electrons. The molecule has 0 aromatic heterocycles. The monoisotopic (exact) mass is 984 g/mol. The van der Waals surface area contributed by atoms with E-state index >= 15 is 0 Å². The molecular weight excluding hydrogens is 920 g/mol. The van der Waals surface area contributed by atoms with Crippen molar-refractivity contribution in [3.63, 3.8) is 0 Å². The van der Waals surface area contributed by atoms with Gasteiger partial charge in [0, 0.05) is 20.3 Å². The standard InChI is InChI=1S/C37H64N2O28/c1-10-20(49)25(54)27(56)33(61-10)66-32-31(65-34-28(57)26(55)23(52)17(7-42)62-34)24(53)18(8-43)63-35(32)64-29(13(5-40)38-11(2)44)22(51)16(48)9-60-37(36(58)59)4-14(46)19(39-12(3)45)30(67-37)21(50)15(47)6-41/h10,13-35,40-43,46-57H,4-9H2,1-3H3,(H,38,44)(H,39,45)(H,58,59)/t10-,13-,14-,15+,16+,17+,18+,19+,20+,21+,22-,23-,24-,25+,26-,27-,28+,29+,30+,31-,32+,33-,34-,35-,37+/m0/s1. The molecule has 67 heavy (non-hydrogen) atoms. The average molecular weight is 985 g/mol. The van der Waals surface area contributed by atoms with Gasteiger partial charge in [-0.15, -0.1) is 0 Å². The number of rotatable bonds is 21. The maximum Gasteiger partial charge on any atom is 0.364 e. The Kier molecular flexibility index (Phi) is 20.9. The van der Waals surface area contributed by atoms with Crippen LogP contribution in [0.1, 0.15) is 27.2 Å². The Morgan fingerprint density at radius 2 is 1.24 bits per heavy atom. The molecule has 2 amide bonds. The third-order valence-electron chi connectivity index (χ3n) is 11.7. The molecule has 4 aliphatic heterocycles. The summed E-state index contributed by atoms with van der Waals surface area (Å²) in [4.78, 5) is 37.1. The zero-order chi connectivity index (χ0) is 50.4. The largest absolute Gasteiger partial charge is 0.477 e. The quantitative estimate of drug-likeness (QED) is 0.0508. The Labute approximate surface area is 380 Å². The number of carboxylic acid groups (broad SMARTS) is 1. The molecule has 0 aromatic carbocycles. The first-order valence-electron chi connectivity index (χ1n) is 21.0. The molecule has 4 fully saturated rings. The fourth-order valence-corrected chi connectivity index (χ4v) is 7.94. The van der Waals surface area contributed by atoms with Crippen molar-refractivity contribution >= 4 is 17.8 Å². The van der Waals surface area contributed by atoms with Crippen molar-refractivity contribution in [1.82, 2.24) is 10.6 Å². The minimum atomic E-state index is -3.05. The van der Waals surface area contributed by atoms with Crippen molar-refractivity contribution < 1.29 is 139 Å². The van der Waals surface area contributed by atoms with Crippen molar-refractivity contribution in [1.29, 1.82) is 0 Å². The molecule has 30 nitrogen and oxygen atoms in total. The molecule has 4 aliphatic rings.